The predicted octanol–water partition coefficient (Wildman–Crippen LogP) is 4.10. The highest BCUT2D eigenvalue weighted by atomic mass is 15.1. The standard InChI is InChI=1S/C14H18N4.C2H6/c1-10-7-15-8-11-9-16-14(18-13(10)11)17-12-5-3-2-4-6-12;1-2/h7-9,12H,2-6H2,1H3,(H,16,17,18);1-2H3. The van der Waals surface area contributed by atoms with Crippen LogP contribution >= 0.6 is 0 Å². The third kappa shape index (κ3) is 3.44. The molecule has 2 aromatic heterocycles. The minimum atomic E-state index is 0.540. The van der Waals surface area contributed by atoms with Gasteiger partial charge >= 0.3 is 0 Å². The minimum absolute atomic E-state index is 0.540. The molecule has 0 unspecified atom stereocenters. The fourth-order valence-corrected chi connectivity index (χ4v) is 2.59. The van der Waals surface area contributed by atoms with Crippen LogP contribution in [-0.4, -0.2) is 21.0 Å². The Balaban J connectivity index is 0.000000704. The van der Waals surface area contributed by atoms with Gasteiger partial charge in [0, 0.05) is 30.0 Å². The molecule has 1 N–H and O–H groups in total. The highest BCUT2D eigenvalue weighted by Crippen LogP contribution is 2.21. The minimum Gasteiger partial charge on any atom is -0.351 e. The van der Waals surface area contributed by atoms with Crippen LogP contribution in [0.1, 0.15) is 51.5 Å². The molecule has 0 aromatic carbocycles. The summed E-state index contributed by atoms with van der Waals surface area (Å²) in [5.74, 6) is 0.753. The maximum Gasteiger partial charge on any atom is 0.223 e. The van der Waals surface area contributed by atoms with Crippen molar-refractivity contribution in [2.75, 3.05) is 5.32 Å². The van der Waals surface area contributed by atoms with Crippen molar-refractivity contribution < 1.29 is 0 Å². The lowest BCUT2D eigenvalue weighted by Crippen LogP contribution is -2.23. The second-order valence-electron chi connectivity index (χ2n) is 5.07. The average Bonchev–Trinajstić information content (AvgIpc) is 2.51. The van der Waals surface area contributed by atoms with E-state index in [9.17, 15) is 0 Å². The van der Waals surface area contributed by atoms with E-state index in [4.69, 9.17) is 0 Å². The van der Waals surface area contributed by atoms with Crippen molar-refractivity contribution in [1.29, 1.82) is 0 Å². The van der Waals surface area contributed by atoms with Crippen molar-refractivity contribution in [2.24, 2.45) is 0 Å². The molecule has 4 nitrogen and oxygen atoms in total. The summed E-state index contributed by atoms with van der Waals surface area (Å²) in [7, 11) is 0. The van der Waals surface area contributed by atoms with Crippen LogP contribution in [0.25, 0.3) is 10.9 Å². The van der Waals surface area contributed by atoms with Gasteiger partial charge in [0.1, 0.15) is 0 Å². The van der Waals surface area contributed by atoms with Crippen molar-refractivity contribution in [1.82, 2.24) is 15.0 Å². The van der Waals surface area contributed by atoms with E-state index < -0.39 is 0 Å². The SMILES string of the molecule is CC.Cc1cncc2cnc(NC3CCCCC3)nc12. The summed E-state index contributed by atoms with van der Waals surface area (Å²) in [4.78, 5) is 13.1. The number of nitrogens with one attached hydrogen (secondary N) is 1. The van der Waals surface area contributed by atoms with E-state index >= 15 is 0 Å². The molecule has 0 atom stereocenters. The van der Waals surface area contributed by atoms with E-state index in [1.807, 2.05) is 39.4 Å². The first-order valence-electron chi connectivity index (χ1n) is 7.67. The number of pyridine rings is 1. The Morgan fingerprint density at radius 2 is 1.80 bits per heavy atom. The molecular formula is C16H24N4. The first-order valence-corrected chi connectivity index (χ1v) is 7.67. The molecule has 1 aliphatic carbocycles. The molecule has 2 aromatic rings. The van der Waals surface area contributed by atoms with Gasteiger partial charge in [0.25, 0.3) is 0 Å². The van der Waals surface area contributed by atoms with Crippen LogP contribution in [0.4, 0.5) is 5.95 Å². The fraction of sp³-hybridized carbons (Fsp3) is 0.562. The number of aryl methyl sites for hydroxylation is 1. The Morgan fingerprint density at radius 1 is 1.05 bits per heavy atom. The highest BCUT2D eigenvalue weighted by molar-refractivity contribution is 5.80. The van der Waals surface area contributed by atoms with Crippen LogP contribution in [-0.2, 0) is 0 Å². The van der Waals surface area contributed by atoms with Gasteiger partial charge < -0.3 is 5.32 Å². The van der Waals surface area contributed by atoms with Crippen LogP contribution in [0, 0.1) is 6.92 Å². The molecule has 4 heteroatoms. The first-order chi connectivity index (χ1) is 9.83. The van der Waals surface area contributed by atoms with Gasteiger partial charge in [-0.2, -0.15) is 0 Å². The second kappa shape index (κ2) is 7.17. The van der Waals surface area contributed by atoms with E-state index in [0.717, 1.165) is 22.4 Å². The largest absolute Gasteiger partial charge is 0.351 e. The van der Waals surface area contributed by atoms with Gasteiger partial charge in [0.15, 0.2) is 0 Å². The van der Waals surface area contributed by atoms with Gasteiger partial charge in [-0.05, 0) is 25.3 Å². The van der Waals surface area contributed by atoms with Gasteiger partial charge in [-0.1, -0.05) is 33.1 Å². The summed E-state index contributed by atoms with van der Waals surface area (Å²) in [6.07, 6.45) is 12.0. The van der Waals surface area contributed by atoms with Crippen LogP contribution in [0.15, 0.2) is 18.6 Å². The van der Waals surface area contributed by atoms with Crippen molar-refractivity contribution in [2.45, 2.75) is 58.9 Å². The predicted molar refractivity (Wildman–Crippen MR) is 83.9 cm³/mol. The summed E-state index contributed by atoms with van der Waals surface area (Å²) in [5.41, 5.74) is 2.10. The number of fused-ring (bicyclic) bond motifs is 1. The third-order valence-electron chi connectivity index (χ3n) is 3.61. The number of hydrogen-bond donors (Lipinski definition) is 1. The molecular weight excluding hydrogens is 248 g/mol. The maximum atomic E-state index is 4.61. The van der Waals surface area contributed by atoms with E-state index in [-0.39, 0.29) is 0 Å². The van der Waals surface area contributed by atoms with Gasteiger partial charge in [-0.25, -0.2) is 9.97 Å². The lowest BCUT2D eigenvalue weighted by atomic mass is 9.96. The quantitative estimate of drug-likeness (QED) is 0.894. The summed E-state index contributed by atoms with van der Waals surface area (Å²) in [6, 6.07) is 0.540. The molecule has 2 heterocycles. The lowest BCUT2D eigenvalue weighted by Gasteiger charge is -2.22. The summed E-state index contributed by atoms with van der Waals surface area (Å²) in [5, 5.41) is 4.46. The van der Waals surface area contributed by atoms with Crippen LogP contribution in [0.3, 0.4) is 0 Å². The molecule has 0 amide bonds. The average molecular weight is 272 g/mol. The van der Waals surface area contributed by atoms with Crippen molar-refractivity contribution in [3.8, 4) is 0 Å². The number of nitrogens with zero attached hydrogens (tertiary/aromatic N) is 3. The molecule has 1 saturated carbocycles. The number of rotatable bonds is 2. The normalized spacial score (nSPS) is 15.6. The highest BCUT2D eigenvalue weighted by Gasteiger charge is 2.14. The molecule has 0 spiro atoms. The summed E-state index contributed by atoms with van der Waals surface area (Å²) < 4.78 is 0. The zero-order valence-electron chi connectivity index (χ0n) is 12.7. The fourth-order valence-electron chi connectivity index (χ4n) is 2.59. The topological polar surface area (TPSA) is 50.7 Å². The molecule has 20 heavy (non-hydrogen) atoms. The smallest absolute Gasteiger partial charge is 0.223 e. The molecule has 3 rings (SSSR count). The summed E-state index contributed by atoms with van der Waals surface area (Å²) >= 11 is 0. The Bertz CT molecular complexity index is 547. The maximum absolute atomic E-state index is 4.61. The Kier molecular flexibility index (Phi) is 5.27. The van der Waals surface area contributed by atoms with Crippen LogP contribution < -0.4 is 5.32 Å². The monoisotopic (exact) mass is 272 g/mol. The second-order valence-corrected chi connectivity index (χ2v) is 5.07. The molecule has 0 radical (unpaired) electrons. The number of hydrogen-bond acceptors (Lipinski definition) is 4. The van der Waals surface area contributed by atoms with Crippen LogP contribution in [0.2, 0.25) is 0 Å². The summed E-state index contributed by atoms with van der Waals surface area (Å²) in [6.45, 7) is 6.03. The molecule has 0 aliphatic heterocycles. The van der Waals surface area contributed by atoms with Gasteiger partial charge in [0.05, 0.1) is 5.52 Å². The van der Waals surface area contributed by atoms with Crippen molar-refractivity contribution >= 4 is 16.9 Å². The molecule has 108 valence electrons. The zero-order valence-corrected chi connectivity index (χ0v) is 12.7. The van der Waals surface area contributed by atoms with Gasteiger partial charge in [-0.3, -0.25) is 4.98 Å². The van der Waals surface area contributed by atoms with E-state index in [2.05, 4.69) is 20.3 Å². The van der Waals surface area contributed by atoms with Crippen molar-refractivity contribution in [3.63, 3.8) is 0 Å². The van der Waals surface area contributed by atoms with E-state index in [1.165, 1.54) is 32.1 Å². The van der Waals surface area contributed by atoms with E-state index in [0.29, 0.717) is 6.04 Å². The number of aromatic nitrogens is 3. The zero-order chi connectivity index (χ0) is 14.4. The number of anilines is 1. The van der Waals surface area contributed by atoms with Gasteiger partial charge in [0.2, 0.25) is 5.95 Å². The Morgan fingerprint density at radius 3 is 2.55 bits per heavy atom. The first kappa shape index (κ1) is 14.7. The van der Waals surface area contributed by atoms with E-state index in [1.54, 1.807) is 0 Å². The lowest BCUT2D eigenvalue weighted by molar-refractivity contribution is 0.461. The van der Waals surface area contributed by atoms with Crippen molar-refractivity contribution in [3.05, 3.63) is 24.2 Å². The van der Waals surface area contributed by atoms with Gasteiger partial charge in [-0.15, -0.1) is 0 Å². The third-order valence-corrected chi connectivity index (χ3v) is 3.61. The Hall–Kier alpha value is -1.71. The molecule has 0 saturated heterocycles. The van der Waals surface area contributed by atoms with Crippen LogP contribution in [0.5, 0.6) is 0 Å². The molecule has 0 bridgehead atoms. The molecule has 1 fully saturated rings. The Labute approximate surface area is 121 Å². The molecule has 1 aliphatic rings.